The average Bonchev–Trinajstić information content (AvgIpc) is 3.56. The summed E-state index contributed by atoms with van der Waals surface area (Å²) in [5.41, 5.74) is 6.39. The normalized spacial score (nSPS) is 21.1. The summed E-state index contributed by atoms with van der Waals surface area (Å²) in [4.78, 5) is 4.81. The fraction of sp³-hybridized carbons (Fsp3) is 0.321. The molecule has 2 aromatic heterocycles. The van der Waals surface area contributed by atoms with Gasteiger partial charge in [-0.1, -0.05) is 50.1 Å². The molecule has 184 valence electrons. The lowest BCUT2D eigenvalue weighted by Crippen LogP contribution is -2.52. The number of H-pyrrole nitrogens is 1. The van der Waals surface area contributed by atoms with E-state index >= 15 is 0 Å². The molecule has 2 aliphatic heterocycles. The van der Waals surface area contributed by atoms with E-state index in [2.05, 4.69) is 63.3 Å². The summed E-state index contributed by atoms with van der Waals surface area (Å²) in [7, 11) is 1.96. The van der Waals surface area contributed by atoms with Gasteiger partial charge in [0.25, 0.3) is 0 Å². The van der Waals surface area contributed by atoms with Gasteiger partial charge in [-0.2, -0.15) is 10.2 Å². The van der Waals surface area contributed by atoms with Crippen LogP contribution in [0.2, 0.25) is 0 Å². The second kappa shape index (κ2) is 9.02. The molecule has 2 atom stereocenters. The maximum atomic E-state index is 13.8. The lowest BCUT2D eigenvalue weighted by atomic mass is 9.74. The molecule has 0 aliphatic carbocycles. The SMILES string of the molecule is CCCCC1(c2cnn(C)c2)N[C@@H](c2nc(-c3cccc(F)c3)n[nH]2)CC2=C1Nc1ccccc1C2. The third kappa shape index (κ3) is 3.91. The molecule has 6 rings (SSSR count). The Balaban J connectivity index is 1.45. The van der Waals surface area contributed by atoms with Crippen molar-refractivity contribution in [3.05, 3.63) is 95.0 Å². The van der Waals surface area contributed by atoms with Crippen LogP contribution in [0.5, 0.6) is 0 Å². The quantitative estimate of drug-likeness (QED) is 0.343. The van der Waals surface area contributed by atoms with Crippen molar-refractivity contribution in [2.24, 2.45) is 7.05 Å². The lowest BCUT2D eigenvalue weighted by molar-refractivity contribution is 0.277. The zero-order chi connectivity index (χ0) is 24.7. The van der Waals surface area contributed by atoms with Crippen LogP contribution in [-0.2, 0) is 19.0 Å². The fourth-order valence-corrected chi connectivity index (χ4v) is 5.59. The molecule has 0 bridgehead atoms. The monoisotopic (exact) mass is 483 g/mol. The first-order chi connectivity index (χ1) is 17.6. The summed E-state index contributed by atoms with van der Waals surface area (Å²) in [5, 5.41) is 19.9. The van der Waals surface area contributed by atoms with Crippen LogP contribution in [-0.4, -0.2) is 25.0 Å². The number of hydrogen-bond acceptors (Lipinski definition) is 5. The smallest absolute Gasteiger partial charge is 0.181 e. The van der Waals surface area contributed by atoms with Crippen LogP contribution in [0.25, 0.3) is 11.4 Å². The van der Waals surface area contributed by atoms with Gasteiger partial charge < -0.3 is 5.32 Å². The summed E-state index contributed by atoms with van der Waals surface area (Å²) < 4.78 is 15.7. The van der Waals surface area contributed by atoms with E-state index in [0.717, 1.165) is 49.2 Å². The molecule has 4 heterocycles. The molecule has 4 aromatic rings. The van der Waals surface area contributed by atoms with Crippen molar-refractivity contribution in [3.8, 4) is 11.4 Å². The molecule has 0 saturated carbocycles. The standard InChI is InChI=1S/C28H30FN7/c1-3-4-12-28(21-16-30-36(2)17-21)25-20(13-18-8-5-6-11-23(18)31-25)15-24(33-28)27-32-26(34-35-27)19-9-7-10-22(29)14-19/h5-11,14,16-17,24,31,33H,3-4,12-13,15H2,1-2H3,(H,32,34,35)/t24-,28?/m1/s1. The molecule has 8 heteroatoms. The van der Waals surface area contributed by atoms with Crippen molar-refractivity contribution in [2.75, 3.05) is 5.32 Å². The highest BCUT2D eigenvalue weighted by molar-refractivity contribution is 5.64. The number of rotatable bonds is 6. The van der Waals surface area contributed by atoms with Crippen molar-refractivity contribution in [3.63, 3.8) is 0 Å². The summed E-state index contributed by atoms with van der Waals surface area (Å²) in [6.45, 7) is 2.22. The van der Waals surface area contributed by atoms with E-state index in [1.807, 2.05) is 24.0 Å². The van der Waals surface area contributed by atoms with E-state index in [4.69, 9.17) is 4.98 Å². The van der Waals surface area contributed by atoms with Crippen LogP contribution < -0.4 is 10.6 Å². The highest BCUT2D eigenvalue weighted by Gasteiger charge is 2.46. The van der Waals surface area contributed by atoms with Crippen LogP contribution in [0, 0.1) is 5.82 Å². The van der Waals surface area contributed by atoms with E-state index < -0.39 is 5.54 Å². The Hall–Kier alpha value is -3.78. The van der Waals surface area contributed by atoms with Crippen molar-refractivity contribution < 1.29 is 4.39 Å². The number of fused-ring (bicyclic) bond motifs is 1. The molecule has 2 aliphatic rings. The van der Waals surface area contributed by atoms with Gasteiger partial charge in [0.1, 0.15) is 11.6 Å². The van der Waals surface area contributed by atoms with Crippen molar-refractivity contribution in [1.29, 1.82) is 0 Å². The molecule has 0 saturated heterocycles. The number of benzene rings is 2. The summed E-state index contributed by atoms with van der Waals surface area (Å²) in [6, 6.07) is 14.8. The van der Waals surface area contributed by atoms with E-state index in [0.29, 0.717) is 11.4 Å². The first-order valence-electron chi connectivity index (χ1n) is 12.6. The summed E-state index contributed by atoms with van der Waals surface area (Å²) in [6.07, 6.45) is 8.81. The van der Waals surface area contributed by atoms with Gasteiger partial charge in [0.05, 0.1) is 17.8 Å². The number of nitrogens with one attached hydrogen (secondary N) is 3. The predicted molar refractivity (Wildman–Crippen MR) is 137 cm³/mol. The van der Waals surface area contributed by atoms with Crippen molar-refractivity contribution >= 4 is 5.69 Å². The number of halogens is 1. The van der Waals surface area contributed by atoms with Gasteiger partial charge in [-0.05, 0) is 48.6 Å². The topological polar surface area (TPSA) is 83.5 Å². The molecule has 36 heavy (non-hydrogen) atoms. The molecule has 0 radical (unpaired) electrons. The third-order valence-corrected chi connectivity index (χ3v) is 7.35. The van der Waals surface area contributed by atoms with Crippen molar-refractivity contribution in [2.45, 2.75) is 50.6 Å². The minimum atomic E-state index is -0.443. The number of nitrogens with zero attached hydrogens (tertiary/aromatic N) is 4. The number of anilines is 1. The highest BCUT2D eigenvalue weighted by Crippen LogP contribution is 2.47. The Morgan fingerprint density at radius 2 is 2.06 bits per heavy atom. The van der Waals surface area contributed by atoms with Gasteiger partial charge >= 0.3 is 0 Å². The van der Waals surface area contributed by atoms with E-state index in [1.54, 1.807) is 6.07 Å². The maximum absolute atomic E-state index is 13.8. The molecule has 3 N–H and O–H groups in total. The lowest BCUT2D eigenvalue weighted by Gasteiger charge is -2.47. The van der Waals surface area contributed by atoms with Gasteiger partial charge in [0, 0.05) is 35.8 Å². The fourth-order valence-electron chi connectivity index (χ4n) is 5.59. The molecular weight excluding hydrogens is 453 g/mol. The number of unbranched alkanes of at least 4 members (excludes halogenated alkanes) is 1. The largest absolute Gasteiger partial charge is 0.357 e. The Kier molecular flexibility index (Phi) is 5.68. The first-order valence-corrected chi connectivity index (χ1v) is 12.6. The molecule has 0 amide bonds. The highest BCUT2D eigenvalue weighted by atomic mass is 19.1. The average molecular weight is 484 g/mol. The van der Waals surface area contributed by atoms with Gasteiger partial charge in [-0.25, -0.2) is 9.37 Å². The van der Waals surface area contributed by atoms with E-state index in [9.17, 15) is 4.39 Å². The van der Waals surface area contributed by atoms with E-state index in [-0.39, 0.29) is 11.9 Å². The minimum Gasteiger partial charge on any atom is -0.357 e. The van der Waals surface area contributed by atoms with Gasteiger partial charge in [0.15, 0.2) is 5.82 Å². The third-order valence-electron chi connectivity index (χ3n) is 7.35. The van der Waals surface area contributed by atoms with Gasteiger partial charge in [-0.3, -0.25) is 15.1 Å². The Labute approximate surface area is 209 Å². The molecule has 7 nitrogen and oxygen atoms in total. The summed E-state index contributed by atoms with van der Waals surface area (Å²) >= 11 is 0. The summed E-state index contributed by atoms with van der Waals surface area (Å²) in [5.74, 6) is 0.953. The molecule has 2 aromatic carbocycles. The van der Waals surface area contributed by atoms with Gasteiger partial charge in [-0.15, -0.1) is 0 Å². The number of aromatic nitrogens is 5. The zero-order valence-electron chi connectivity index (χ0n) is 20.6. The molecule has 1 unspecified atom stereocenters. The van der Waals surface area contributed by atoms with Crippen LogP contribution >= 0.6 is 0 Å². The van der Waals surface area contributed by atoms with Crippen LogP contribution in [0.1, 0.15) is 55.6 Å². The minimum absolute atomic E-state index is 0.0808. The predicted octanol–water partition coefficient (Wildman–Crippen LogP) is 5.39. The Morgan fingerprint density at radius 3 is 2.86 bits per heavy atom. The van der Waals surface area contributed by atoms with Crippen LogP contribution in [0.4, 0.5) is 10.1 Å². The number of aryl methyl sites for hydroxylation is 1. The second-order valence-corrected chi connectivity index (χ2v) is 9.80. The number of para-hydroxylation sites is 1. The molecule has 0 fully saturated rings. The van der Waals surface area contributed by atoms with E-state index in [1.165, 1.54) is 29.0 Å². The molecular formula is C28H30FN7. The number of aromatic amines is 1. The second-order valence-electron chi connectivity index (χ2n) is 9.80. The van der Waals surface area contributed by atoms with Crippen LogP contribution in [0.3, 0.4) is 0 Å². The Bertz CT molecular complexity index is 1430. The van der Waals surface area contributed by atoms with Crippen molar-refractivity contribution in [1.82, 2.24) is 30.3 Å². The zero-order valence-corrected chi connectivity index (χ0v) is 20.6. The molecule has 0 spiro atoms. The first kappa shape index (κ1) is 22.7. The number of hydrogen-bond donors (Lipinski definition) is 3. The Morgan fingerprint density at radius 1 is 1.17 bits per heavy atom. The van der Waals surface area contributed by atoms with Gasteiger partial charge in [0.2, 0.25) is 0 Å². The maximum Gasteiger partial charge on any atom is 0.181 e. The van der Waals surface area contributed by atoms with Crippen LogP contribution in [0.15, 0.2) is 72.2 Å².